The molecule has 1 aromatic rings. The van der Waals surface area contributed by atoms with E-state index in [1.165, 1.54) is 0 Å². The summed E-state index contributed by atoms with van der Waals surface area (Å²) < 4.78 is 26.6. The molecule has 0 amide bonds. The Bertz CT molecular complexity index is 358. The third-order valence-corrected chi connectivity index (χ3v) is 3.05. The molecule has 2 atom stereocenters. The van der Waals surface area contributed by atoms with E-state index in [-0.39, 0.29) is 28.9 Å². The van der Waals surface area contributed by atoms with E-state index in [0.29, 0.717) is 0 Å². The van der Waals surface area contributed by atoms with E-state index < -0.39 is 17.7 Å². The lowest BCUT2D eigenvalue weighted by molar-refractivity contribution is 0.436. The molecule has 1 rings (SSSR count). The van der Waals surface area contributed by atoms with Crippen molar-refractivity contribution in [1.29, 1.82) is 0 Å². The fraction of sp³-hybridized carbons (Fsp3) is 0.455. The van der Waals surface area contributed by atoms with Crippen LogP contribution in [0, 0.1) is 17.6 Å². The molecule has 92 valence electrons. The molecule has 0 saturated heterocycles. The minimum atomic E-state index is -0.633. The van der Waals surface area contributed by atoms with Crippen molar-refractivity contribution < 1.29 is 8.78 Å². The standard InChI is InChI=1S/C11H14ClF2N.ClH/c1-3-6(2)11(15)9-7(13)4-5-8(14)10(9)12;/h4-6,11H,3,15H2,1-2H3;1H/t6?,11-;/m0./s1. The molecule has 5 heteroatoms. The van der Waals surface area contributed by atoms with Crippen molar-refractivity contribution in [2.24, 2.45) is 11.7 Å². The van der Waals surface area contributed by atoms with Gasteiger partial charge >= 0.3 is 0 Å². The quantitative estimate of drug-likeness (QED) is 0.822. The van der Waals surface area contributed by atoms with Gasteiger partial charge in [0.25, 0.3) is 0 Å². The number of nitrogens with two attached hydrogens (primary N) is 1. The molecule has 0 aliphatic rings. The summed E-state index contributed by atoms with van der Waals surface area (Å²) in [5, 5.41) is -0.206. The third-order valence-electron chi connectivity index (χ3n) is 2.67. The van der Waals surface area contributed by atoms with Crippen LogP contribution in [0.1, 0.15) is 31.9 Å². The summed E-state index contributed by atoms with van der Waals surface area (Å²) in [5.41, 5.74) is 5.90. The summed E-state index contributed by atoms with van der Waals surface area (Å²) in [6, 6.07) is 1.49. The Morgan fingerprint density at radius 1 is 1.31 bits per heavy atom. The highest BCUT2D eigenvalue weighted by atomic mass is 35.5. The molecule has 0 bridgehead atoms. The Hall–Kier alpha value is -0.380. The Labute approximate surface area is 105 Å². The highest BCUT2D eigenvalue weighted by Crippen LogP contribution is 2.31. The first-order chi connectivity index (χ1) is 6.99. The topological polar surface area (TPSA) is 26.0 Å². The first-order valence-corrected chi connectivity index (χ1v) is 5.25. The first-order valence-electron chi connectivity index (χ1n) is 4.88. The molecule has 1 nitrogen and oxygen atoms in total. The first kappa shape index (κ1) is 15.6. The zero-order valence-electron chi connectivity index (χ0n) is 9.14. The number of rotatable bonds is 3. The second-order valence-corrected chi connectivity index (χ2v) is 4.05. The van der Waals surface area contributed by atoms with Gasteiger partial charge in [0.2, 0.25) is 0 Å². The molecule has 0 aliphatic heterocycles. The molecule has 0 aromatic heterocycles. The summed E-state index contributed by atoms with van der Waals surface area (Å²) in [7, 11) is 0. The fourth-order valence-corrected chi connectivity index (χ4v) is 1.67. The number of halogens is 4. The van der Waals surface area contributed by atoms with Gasteiger partial charge in [-0.05, 0) is 18.1 Å². The van der Waals surface area contributed by atoms with Gasteiger partial charge in [0.05, 0.1) is 5.02 Å². The van der Waals surface area contributed by atoms with Crippen LogP contribution in [0.4, 0.5) is 8.78 Å². The van der Waals surface area contributed by atoms with E-state index in [1.54, 1.807) is 0 Å². The monoisotopic (exact) mass is 269 g/mol. The van der Waals surface area contributed by atoms with E-state index in [2.05, 4.69) is 0 Å². The van der Waals surface area contributed by atoms with Crippen LogP contribution in [0.15, 0.2) is 12.1 Å². The van der Waals surface area contributed by atoms with Crippen LogP contribution in [-0.4, -0.2) is 0 Å². The molecule has 2 N–H and O–H groups in total. The van der Waals surface area contributed by atoms with Crippen molar-refractivity contribution in [2.75, 3.05) is 0 Å². The smallest absolute Gasteiger partial charge is 0.142 e. The van der Waals surface area contributed by atoms with Gasteiger partial charge in [-0.1, -0.05) is 31.9 Å². The molecular formula is C11H15Cl2F2N. The molecule has 0 fully saturated rings. The van der Waals surface area contributed by atoms with Crippen LogP contribution in [0.2, 0.25) is 5.02 Å². The number of benzene rings is 1. The van der Waals surface area contributed by atoms with Crippen LogP contribution < -0.4 is 5.73 Å². The van der Waals surface area contributed by atoms with Crippen LogP contribution in [0.3, 0.4) is 0 Å². The zero-order chi connectivity index (χ0) is 11.6. The van der Waals surface area contributed by atoms with Gasteiger partial charge in [0.1, 0.15) is 11.6 Å². The number of hydrogen-bond acceptors (Lipinski definition) is 1. The summed E-state index contributed by atoms with van der Waals surface area (Å²) in [6.07, 6.45) is 0.785. The van der Waals surface area contributed by atoms with Crippen molar-refractivity contribution in [3.8, 4) is 0 Å². The van der Waals surface area contributed by atoms with Gasteiger partial charge in [-0.25, -0.2) is 8.78 Å². The van der Waals surface area contributed by atoms with Crippen LogP contribution in [-0.2, 0) is 0 Å². The summed E-state index contributed by atoms with van der Waals surface area (Å²) in [6.45, 7) is 3.82. The Morgan fingerprint density at radius 2 is 1.81 bits per heavy atom. The van der Waals surface area contributed by atoms with Crippen LogP contribution >= 0.6 is 24.0 Å². The summed E-state index contributed by atoms with van der Waals surface area (Å²) in [5.74, 6) is -1.13. The van der Waals surface area contributed by atoms with Gasteiger partial charge in [0.15, 0.2) is 0 Å². The van der Waals surface area contributed by atoms with E-state index in [9.17, 15) is 8.78 Å². The predicted octanol–water partition coefficient (Wildman–Crippen LogP) is 4.09. The van der Waals surface area contributed by atoms with Crippen LogP contribution in [0.25, 0.3) is 0 Å². The normalized spacial score (nSPS) is 14.1. The van der Waals surface area contributed by atoms with Crippen molar-refractivity contribution in [3.05, 3.63) is 34.4 Å². The Kier molecular flexibility index (Phi) is 6.23. The minimum absolute atomic E-state index is 0. The largest absolute Gasteiger partial charge is 0.324 e. The maximum Gasteiger partial charge on any atom is 0.142 e. The van der Waals surface area contributed by atoms with Gasteiger partial charge in [-0.3, -0.25) is 0 Å². The maximum atomic E-state index is 13.4. The highest BCUT2D eigenvalue weighted by molar-refractivity contribution is 6.31. The van der Waals surface area contributed by atoms with E-state index in [1.807, 2.05) is 13.8 Å². The molecule has 0 aliphatic carbocycles. The third kappa shape index (κ3) is 3.06. The Balaban J connectivity index is 0.00000225. The van der Waals surface area contributed by atoms with E-state index >= 15 is 0 Å². The molecule has 1 unspecified atom stereocenters. The van der Waals surface area contributed by atoms with Gasteiger partial charge in [-0.2, -0.15) is 0 Å². The highest BCUT2D eigenvalue weighted by Gasteiger charge is 2.22. The lowest BCUT2D eigenvalue weighted by Gasteiger charge is -2.20. The average Bonchev–Trinajstić information content (AvgIpc) is 2.22. The molecule has 0 radical (unpaired) electrons. The molecule has 0 saturated carbocycles. The van der Waals surface area contributed by atoms with E-state index in [4.69, 9.17) is 17.3 Å². The zero-order valence-corrected chi connectivity index (χ0v) is 10.7. The fourth-order valence-electron chi connectivity index (χ4n) is 1.39. The summed E-state index contributed by atoms with van der Waals surface area (Å²) in [4.78, 5) is 0. The van der Waals surface area contributed by atoms with Gasteiger partial charge in [-0.15, -0.1) is 12.4 Å². The molecule has 0 heterocycles. The maximum absolute atomic E-state index is 13.4. The van der Waals surface area contributed by atoms with Crippen molar-refractivity contribution >= 4 is 24.0 Å². The minimum Gasteiger partial charge on any atom is -0.324 e. The average molecular weight is 270 g/mol. The molecule has 16 heavy (non-hydrogen) atoms. The molecule has 1 aromatic carbocycles. The SMILES string of the molecule is CCC(C)[C@H](N)c1c(F)ccc(F)c1Cl.Cl. The van der Waals surface area contributed by atoms with Crippen molar-refractivity contribution in [2.45, 2.75) is 26.3 Å². The second-order valence-electron chi connectivity index (χ2n) is 3.67. The molecule has 0 spiro atoms. The van der Waals surface area contributed by atoms with Gasteiger partial charge < -0.3 is 5.73 Å². The second kappa shape index (κ2) is 6.38. The predicted molar refractivity (Wildman–Crippen MR) is 65.0 cm³/mol. The summed E-state index contributed by atoms with van der Waals surface area (Å²) >= 11 is 5.70. The Morgan fingerprint density at radius 3 is 2.31 bits per heavy atom. The lowest BCUT2D eigenvalue weighted by atomic mass is 9.93. The van der Waals surface area contributed by atoms with Crippen molar-refractivity contribution in [1.82, 2.24) is 0 Å². The molecular weight excluding hydrogens is 255 g/mol. The van der Waals surface area contributed by atoms with Gasteiger partial charge in [0, 0.05) is 11.6 Å². The van der Waals surface area contributed by atoms with Crippen molar-refractivity contribution in [3.63, 3.8) is 0 Å². The van der Waals surface area contributed by atoms with E-state index in [0.717, 1.165) is 18.6 Å². The number of hydrogen-bond donors (Lipinski definition) is 1. The lowest BCUT2D eigenvalue weighted by Crippen LogP contribution is -2.20. The van der Waals surface area contributed by atoms with Crippen LogP contribution in [0.5, 0.6) is 0 Å².